The molecule has 0 fully saturated rings. The Kier molecular flexibility index (Phi) is 4.37. The summed E-state index contributed by atoms with van der Waals surface area (Å²) in [7, 11) is 1.59. The van der Waals surface area contributed by atoms with Gasteiger partial charge < -0.3 is 10.1 Å². The van der Waals surface area contributed by atoms with Crippen molar-refractivity contribution in [2.24, 2.45) is 0 Å². The zero-order valence-corrected chi connectivity index (χ0v) is 14.9. The first-order chi connectivity index (χ1) is 12.8. The van der Waals surface area contributed by atoms with Gasteiger partial charge in [-0.15, -0.1) is 11.3 Å². The molecule has 4 aromatic rings. The molecule has 1 N–H and O–H groups in total. The largest absolute Gasteiger partial charge is 0.495 e. The number of nitrogens with one attached hydrogen (secondary N) is 1. The van der Waals surface area contributed by atoms with Crippen LogP contribution in [0.5, 0.6) is 5.75 Å². The van der Waals surface area contributed by atoms with Gasteiger partial charge in [0.1, 0.15) is 5.75 Å². The number of carbonyl (C=O) groups excluding carboxylic acids is 1. The molecule has 0 aliphatic heterocycles. The molecular weight excluding hydrogens is 344 g/mol. The van der Waals surface area contributed by atoms with E-state index in [0.717, 1.165) is 21.5 Å². The maximum atomic E-state index is 13.0. The van der Waals surface area contributed by atoms with Gasteiger partial charge in [-0.3, -0.25) is 4.79 Å². The van der Waals surface area contributed by atoms with Crippen LogP contribution in [0, 0.1) is 0 Å². The van der Waals surface area contributed by atoms with Crippen LogP contribution in [0.2, 0.25) is 0 Å². The average Bonchev–Trinajstić information content (AvgIpc) is 3.22. The van der Waals surface area contributed by atoms with E-state index in [0.29, 0.717) is 17.0 Å². The topological polar surface area (TPSA) is 51.2 Å². The number of para-hydroxylation sites is 3. The van der Waals surface area contributed by atoms with E-state index in [1.165, 1.54) is 0 Å². The normalized spacial score (nSPS) is 10.7. The standard InChI is InChI=1S/C21H16N2O2S/c1-25-19-10-5-4-9-17(19)23-21(24)15-13-18(20-11-6-12-26-20)22-16-8-3-2-7-14(15)16/h2-13H,1H3,(H,23,24). The average molecular weight is 360 g/mol. The zero-order valence-electron chi connectivity index (χ0n) is 14.1. The summed E-state index contributed by atoms with van der Waals surface area (Å²) in [5.41, 5.74) is 2.82. The lowest BCUT2D eigenvalue weighted by molar-refractivity contribution is 0.102. The van der Waals surface area contributed by atoms with Crippen molar-refractivity contribution in [3.05, 3.63) is 77.7 Å². The van der Waals surface area contributed by atoms with E-state index in [4.69, 9.17) is 9.72 Å². The maximum absolute atomic E-state index is 13.0. The first-order valence-corrected chi connectivity index (χ1v) is 9.02. The number of carbonyl (C=O) groups is 1. The van der Waals surface area contributed by atoms with Crippen molar-refractivity contribution < 1.29 is 9.53 Å². The van der Waals surface area contributed by atoms with E-state index in [9.17, 15) is 4.79 Å². The van der Waals surface area contributed by atoms with Gasteiger partial charge in [-0.1, -0.05) is 36.4 Å². The summed E-state index contributed by atoms with van der Waals surface area (Å²) in [5, 5.41) is 5.77. The van der Waals surface area contributed by atoms with Crippen LogP contribution in [-0.2, 0) is 0 Å². The first-order valence-electron chi connectivity index (χ1n) is 8.14. The van der Waals surface area contributed by atoms with Crippen molar-refractivity contribution in [3.63, 3.8) is 0 Å². The summed E-state index contributed by atoms with van der Waals surface area (Å²) in [6.45, 7) is 0. The molecule has 4 rings (SSSR count). The van der Waals surface area contributed by atoms with E-state index in [1.807, 2.05) is 72.1 Å². The number of hydrogen-bond donors (Lipinski definition) is 1. The van der Waals surface area contributed by atoms with Crippen LogP contribution in [0.4, 0.5) is 5.69 Å². The number of hydrogen-bond acceptors (Lipinski definition) is 4. The molecule has 2 aromatic carbocycles. The van der Waals surface area contributed by atoms with E-state index >= 15 is 0 Å². The van der Waals surface area contributed by atoms with Crippen molar-refractivity contribution in [1.82, 2.24) is 4.98 Å². The second-order valence-electron chi connectivity index (χ2n) is 5.70. The Bertz CT molecular complexity index is 1070. The first kappa shape index (κ1) is 16.3. The number of thiophene rings is 1. The fourth-order valence-electron chi connectivity index (χ4n) is 2.85. The minimum absolute atomic E-state index is 0.189. The minimum Gasteiger partial charge on any atom is -0.495 e. The molecule has 0 saturated carbocycles. The fourth-order valence-corrected chi connectivity index (χ4v) is 3.54. The van der Waals surface area contributed by atoms with Gasteiger partial charge in [0.15, 0.2) is 0 Å². The van der Waals surface area contributed by atoms with Gasteiger partial charge in [-0.25, -0.2) is 4.98 Å². The summed E-state index contributed by atoms with van der Waals surface area (Å²) in [6.07, 6.45) is 0. The molecule has 0 bridgehead atoms. The van der Waals surface area contributed by atoms with Crippen LogP contribution in [0.1, 0.15) is 10.4 Å². The van der Waals surface area contributed by atoms with Gasteiger partial charge in [-0.05, 0) is 35.7 Å². The monoisotopic (exact) mass is 360 g/mol. The Balaban J connectivity index is 1.80. The number of anilines is 1. The summed E-state index contributed by atoms with van der Waals surface area (Å²) in [6, 6.07) is 20.9. The van der Waals surface area contributed by atoms with Gasteiger partial charge in [0.2, 0.25) is 0 Å². The molecule has 4 nitrogen and oxygen atoms in total. The molecular formula is C21H16N2O2S. The molecule has 0 saturated heterocycles. The van der Waals surface area contributed by atoms with Gasteiger partial charge in [-0.2, -0.15) is 0 Å². The number of pyridine rings is 1. The highest BCUT2D eigenvalue weighted by Crippen LogP contribution is 2.29. The van der Waals surface area contributed by atoms with Crippen LogP contribution in [0.25, 0.3) is 21.5 Å². The quantitative estimate of drug-likeness (QED) is 0.542. The maximum Gasteiger partial charge on any atom is 0.256 e. The predicted molar refractivity (Wildman–Crippen MR) is 106 cm³/mol. The molecule has 0 aliphatic rings. The molecule has 2 heterocycles. The SMILES string of the molecule is COc1ccccc1NC(=O)c1cc(-c2cccs2)nc2ccccc12. The van der Waals surface area contributed by atoms with Crippen LogP contribution >= 0.6 is 11.3 Å². The lowest BCUT2D eigenvalue weighted by atomic mass is 10.1. The number of benzene rings is 2. The minimum atomic E-state index is -0.189. The number of fused-ring (bicyclic) bond motifs is 1. The summed E-state index contributed by atoms with van der Waals surface area (Å²) in [4.78, 5) is 18.8. The van der Waals surface area contributed by atoms with Gasteiger partial charge >= 0.3 is 0 Å². The highest BCUT2D eigenvalue weighted by atomic mass is 32.1. The number of methoxy groups -OCH3 is 1. The third-order valence-electron chi connectivity index (χ3n) is 4.09. The zero-order chi connectivity index (χ0) is 17.9. The van der Waals surface area contributed by atoms with Gasteiger partial charge in [0, 0.05) is 5.39 Å². The molecule has 0 radical (unpaired) electrons. The Morgan fingerprint density at radius 2 is 1.85 bits per heavy atom. The van der Waals surface area contributed by atoms with Crippen LogP contribution in [0.3, 0.4) is 0 Å². The smallest absolute Gasteiger partial charge is 0.256 e. The summed E-state index contributed by atoms with van der Waals surface area (Å²) in [5.74, 6) is 0.434. The van der Waals surface area contributed by atoms with E-state index < -0.39 is 0 Å². The Labute approximate surface area is 155 Å². The lowest BCUT2D eigenvalue weighted by Crippen LogP contribution is -2.13. The van der Waals surface area contributed by atoms with Crippen LogP contribution in [0.15, 0.2) is 72.1 Å². The molecule has 2 aromatic heterocycles. The molecule has 128 valence electrons. The van der Waals surface area contributed by atoms with Crippen molar-refractivity contribution in [2.75, 3.05) is 12.4 Å². The summed E-state index contributed by atoms with van der Waals surface area (Å²) < 4.78 is 5.33. The predicted octanol–water partition coefficient (Wildman–Crippen LogP) is 5.22. The molecule has 0 unspecified atom stereocenters. The Hall–Kier alpha value is -3.18. The number of nitrogens with zero attached hydrogens (tertiary/aromatic N) is 1. The van der Waals surface area contributed by atoms with Crippen molar-refractivity contribution >= 4 is 33.8 Å². The van der Waals surface area contributed by atoms with E-state index in [2.05, 4.69) is 5.32 Å². The van der Waals surface area contributed by atoms with Gasteiger partial charge in [0.05, 0.1) is 34.4 Å². The third kappa shape index (κ3) is 3.05. The highest BCUT2D eigenvalue weighted by Gasteiger charge is 2.15. The highest BCUT2D eigenvalue weighted by molar-refractivity contribution is 7.13. The number of amides is 1. The lowest BCUT2D eigenvalue weighted by Gasteiger charge is -2.12. The number of rotatable bonds is 4. The number of ether oxygens (including phenoxy) is 1. The summed E-state index contributed by atoms with van der Waals surface area (Å²) >= 11 is 1.60. The Morgan fingerprint density at radius 1 is 1.04 bits per heavy atom. The van der Waals surface area contributed by atoms with Gasteiger partial charge in [0.25, 0.3) is 5.91 Å². The van der Waals surface area contributed by atoms with Crippen molar-refractivity contribution in [3.8, 4) is 16.3 Å². The third-order valence-corrected chi connectivity index (χ3v) is 4.98. The molecule has 0 spiro atoms. The second-order valence-corrected chi connectivity index (χ2v) is 6.65. The molecule has 0 atom stereocenters. The van der Waals surface area contributed by atoms with Crippen molar-refractivity contribution in [1.29, 1.82) is 0 Å². The van der Waals surface area contributed by atoms with Crippen molar-refractivity contribution in [2.45, 2.75) is 0 Å². The molecule has 1 amide bonds. The van der Waals surface area contributed by atoms with E-state index in [1.54, 1.807) is 18.4 Å². The molecule has 5 heteroatoms. The van der Waals surface area contributed by atoms with E-state index in [-0.39, 0.29) is 5.91 Å². The molecule has 0 aliphatic carbocycles. The molecule has 26 heavy (non-hydrogen) atoms. The Morgan fingerprint density at radius 3 is 2.65 bits per heavy atom. The van der Waals surface area contributed by atoms with Crippen LogP contribution in [-0.4, -0.2) is 18.0 Å². The van der Waals surface area contributed by atoms with Crippen LogP contribution < -0.4 is 10.1 Å². The number of aromatic nitrogens is 1. The second kappa shape index (κ2) is 6.98. The fraction of sp³-hybridized carbons (Fsp3) is 0.0476.